The lowest BCUT2D eigenvalue weighted by Crippen LogP contribution is -2.49. The van der Waals surface area contributed by atoms with Crippen LogP contribution < -0.4 is 5.32 Å². The van der Waals surface area contributed by atoms with E-state index in [-0.39, 0.29) is 12.1 Å². The van der Waals surface area contributed by atoms with Gasteiger partial charge < -0.3 is 19.4 Å². The minimum absolute atomic E-state index is 0.112. The van der Waals surface area contributed by atoms with Crippen LogP contribution in [0, 0.1) is 0 Å². The molecule has 22 heavy (non-hydrogen) atoms. The number of carbonyl (C=O) groups excluding carboxylic acids is 1. The van der Waals surface area contributed by atoms with Gasteiger partial charge in [0.15, 0.2) is 0 Å². The number of ether oxygens (including phenoxy) is 1. The van der Waals surface area contributed by atoms with E-state index in [0.29, 0.717) is 13.1 Å². The van der Waals surface area contributed by atoms with Gasteiger partial charge in [-0.3, -0.25) is 0 Å². The number of hydrogen-bond donors (Lipinski definition) is 1. The fourth-order valence-corrected chi connectivity index (χ4v) is 2.67. The van der Waals surface area contributed by atoms with Gasteiger partial charge >= 0.3 is 6.09 Å². The Kier molecular flexibility index (Phi) is 3.83. The van der Waals surface area contributed by atoms with E-state index in [1.165, 1.54) is 0 Å². The summed E-state index contributed by atoms with van der Waals surface area (Å²) in [4.78, 5) is 14.0. The molecule has 118 valence electrons. The summed E-state index contributed by atoms with van der Waals surface area (Å²) in [5.41, 5.74) is 1.57. The highest BCUT2D eigenvalue weighted by atomic mass is 16.6. The highest BCUT2D eigenvalue weighted by molar-refractivity contribution is 5.78. The number of benzene rings is 1. The number of rotatable bonds is 1. The number of nitrogens with zero attached hydrogens (tertiary/aromatic N) is 1. The summed E-state index contributed by atoms with van der Waals surface area (Å²) < 4.78 is 10.8. The molecule has 1 aliphatic heterocycles. The molecule has 1 aromatic heterocycles. The Bertz CT molecular complexity index is 672. The number of amides is 1. The number of nitrogens with one attached hydrogen (secondary N) is 1. The Morgan fingerprint density at radius 1 is 1.36 bits per heavy atom. The van der Waals surface area contributed by atoms with E-state index in [2.05, 4.69) is 11.4 Å². The molecule has 1 amide bonds. The van der Waals surface area contributed by atoms with Crippen molar-refractivity contribution in [2.24, 2.45) is 0 Å². The first kappa shape index (κ1) is 14.9. The van der Waals surface area contributed by atoms with Crippen LogP contribution in [-0.2, 0) is 4.74 Å². The fourth-order valence-electron chi connectivity index (χ4n) is 2.67. The molecule has 2 aromatic rings. The van der Waals surface area contributed by atoms with Crippen LogP contribution in [0.3, 0.4) is 0 Å². The van der Waals surface area contributed by atoms with E-state index in [0.717, 1.165) is 23.1 Å². The Balaban J connectivity index is 1.73. The normalized spacial score (nSPS) is 19.4. The zero-order valence-electron chi connectivity index (χ0n) is 13.3. The van der Waals surface area contributed by atoms with Gasteiger partial charge in [-0.1, -0.05) is 6.07 Å². The highest BCUT2D eigenvalue weighted by Gasteiger charge is 2.28. The van der Waals surface area contributed by atoms with Crippen molar-refractivity contribution in [3.05, 3.63) is 36.1 Å². The molecule has 5 nitrogen and oxygen atoms in total. The second-order valence-corrected chi connectivity index (χ2v) is 6.65. The van der Waals surface area contributed by atoms with Crippen molar-refractivity contribution in [2.45, 2.75) is 32.4 Å². The molecular formula is C17H22N2O3. The van der Waals surface area contributed by atoms with Crippen molar-refractivity contribution in [1.29, 1.82) is 0 Å². The Labute approximate surface area is 130 Å². The van der Waals surface area contributed by atoms with Crippen LogP contribution in [0.25, 0.3) is 11.0 Å². The van der Waals surface area contributed by atoms with E-state index in [1.54, 1.807) is 11.2 Å². The summed E-state index contributed by atoms with van der Waals surface area (Å²) >= 11 is 0. The van der Waals surface area contributed by atoms with Gasteiger partial charge in [0.05, 0.1) is 12.3 Å². The van der Waals surface area contributed by atoms with Crippen LogP contribution in [-0.4, -0.2) is 36.2 Å². The average molecular weight is 302 g/mol. The third kappa shape index (κ3) is 3.25. The molecule has 0 radical (unpaired) electrons. The predicted molar refractivity (Wildman–Crippen MR) is 84.8 cm³/mol. The second kappa shape index (κ2) is 5.65. The molecule has 0 spiro atoms. The molecule has 1 fully saturated rings. The Morgan fingerprint density at radius 2 is 2.18 bits per heavy atom. The molecule has 5 heteroatoms. The van der Waals surface area contributed by atoms with Gasteiger partial charge in [-0.2, -0.15) is 0 Å². The van der Waals surface area contributed by atoms with E-state index in [1.807, 2.05) is 39.0 Å². The summed E-state index contributed by atoms with van der Waals surface area (Å²) in [7, 11) is 0. The topological polar surface area (TPSA) is 54.7 Å². The lowest BCUT2D eigenvalue weighted by molar-refractivity contribution is 0.0195. The quantitative estimate of drug-likeness (QED) is 0.878. The Morgan fingerprint density at radius 3 is 2.95 bits per heavy atom. The largest absolute Gasteiger partial charge is 0.464 e. The molecule has 1 atom stereocenters. The third-order valence-electron chi connectivity index (χ3n) is 3.71. The lowest BCUT2D eigenvalue weighted by atomic mass is 10.0. The van der Waals surface area contributed by atoms with Crippen molar-refractivity contribution in [3.63, 3.8) is 0 Å². The maximum Gasteiger partial charge on any atom is 0.410 e. The standard InChI is InChI=1S/C17H22N2O3/c1-17(2,3)22-16(20)19-8-7-18-14(11-19)12-4-5-15-13(10-12)6-9-21-15/h4-6,9-10,14,18H,7-8,11H2,1-3H3. The summed E-state index contributed by atoms with van der Waals surface area (Å²) in [6, 6.07) is 8.18. The van der Waals surface area contributed by atoms with Crippen molar-refractivity contribution < 1.29 is 13.9 Å². The molecule has 3 rings (SSSR count). The fraction of sp³-hybridized carbons (Fsp3) is 0.471. The van der Waals surface area contributed by atoms with E-state index >= 15 is 0 Å². The molecule has 2 heterocycles. The van der Waals surface area contributed by atoms with Gasteiger partial charge in [-0.25, -0.2) is 4.79 Å². The van der Waals surface area contributed by atoms with Crippen molar-refractivity contribution in [2.75, 3.05) is 19.6 Å². The van der Waals surface area contributed by atoms with Gasteiger partial charge in [-0.15, -0.1) is 0 Å². The van der Waals surface area contributed by atoms with Crippen molar-refractivity contribution in [3.8, 4) is 0 Å². The number of hydrogen-bond acceptors (Lipinski definition) is 4. The first-order valence-corrected chi connectivity index (χ1v) is 7.61. The lowest BCUT2D eigenvalue weighted by Gasteiger charge is -2.35. The van der Waals surface area contributed by atoms with Gasteiger partial charge in [0, 0.05) is 25.0 Å². The van der Waals surface area contributed by atoms with E-state index in [4.69, 9.17) is 9.15 Å². The van der Waals surface area contributed by atoms with E-state index < -0.39 is 5.60 Å². The minimum atomic E-state index is -0.465. The van der Waals surface area contributed by atoms with Gasteiger partial charge in [0.1, 0.15) is 11.2 Å². The summed E-state index contributed by atoms with van der Waals surface area (Å²) in [6.45, 7) is 7.69. The van der Waals surface area contributed by atoms with Crippen LogP contribution in [0.5, 0.6) is 0 Å². The van der Waals surface area contributed by atoms with Crippen LogP contribution in [0.1, 0.15) is 32.4 Å². The second-order valence-electron chi connectivity index (χ2n) is 6.65. The summed E-state index contributed by atoms with van der Waals surface area (Å²) in [6.07, 6.45) is 1.44. The third-order valence-corrected chi connectivity index (χ3v) is 3.71. The number of furan rings is 1. The first-order valence-electron chi connectivity index (χ1n) is 7.61. The predicted octanol–water partition coefficient (Wildman–Crippen LogP) is 3.31. The average Bonchev–Trinajstić information content (AvgIpc) is 2.93. The maximum atomic E-state index is 12.2. The molecular weight excluding hydrogens is 280 g/mol. The van der Waals surface area contributed by atoms with Crippen LogP contribution in [0.2, 0.25) is 0 Å². The first-order chi connectivity index (χ1) is 10.4. The summed E-state index contributed by atoms with van der Waals surface area (Å²) in [5.74, 6) is 0. The van der Waals surface area contributed by atoms with Gasteiger partial charge in [0.25, 0.3) is 0 Å². The van der Waals surface area contributed by atoms with E-state index in [9.17, 15) is 4.79 Å². The molecule has 0 bridgehead atoms. The zero-order chi connectivity index (χ0) is 15.7. The van der Waals surface area contributed by atoms with Crippen LogP contribution in [0.4, 0.5) is 4.79 Å². The minimum Gasteiger partial charge on any atom is -0.464 e. The van der Waals surface area contributed by atoms with Crippen LogP contribution >= 0.6 is 0 Å². The maximum absolute atomic E-state index is 12.2. The highest BCUT2D eigenvalue weighted by Crippen LogP contribution is 2.24. The molecule has 1 aromatic carbocycles. The van der Waals surface area contributed by atoms with Crippen molar-refractivity contribution >= 4 is 17.1 Å². The molecule has 0 saturated carbocycles. The van der Waals surface area contributed by atoms with Gasteiger partial charge in [0.2, 0.25) is 0 Å². The number of fused-ring (bicyclic) bond motifs is 1. The number of piperazine rings is 1. The van der Waals surface area contributed by atoms with Gasteiger partial charge in [-0.05, 0) is 44.5 Å². The zero-order valence-corrected chi connectivity index (χ0v) is 13.3. The molecule has 1 unspecified atom stereocenters. The monoisotopic (exact) mass is 302 g/mol. The number of carbonyl (C=O) groups is 1. The molecule has 1 N–H and O–H groups in total. The Hall–Kier alpha value is -2.01. The van der Waals surface area contributed by atoms with Crippen molar-refractivity contribution in [1.82, 2.24) is 10.2 Å². The smallest absolute Gasteiger partial charge is 0.410 e. The SMILES string of the molecule is CC(C)(C)OC(=O)N1CCNC(c2ccc3occc3c2)C1. The molecule has 1 aliphatic rings. The van der Waals surface area contributed by atoms with Crippen LogP contribution in [0.15, 0.2) is 34.9 Å². The molecule has 1 saturated heterocycles. The molecule has 0 aliphatic carbocycles. The summed E-state index contributed by atoms with van der Waals surface area (Å²) in [5, 5.41) is 4.54.